The molecule has 0 saturated carbocycles. The summed E-state index contributed by atoms with van der Waals surface area (Å²) in [6.45, 7) is 8.28. The molecule has 1 atom stereocenters. The van der Waals surface area contributed by atoms with Crippen molar-refractivity contribution in [3.8, 4) is 0 Å². The molecular weight excluding hydrogens is 365 g/mol. The first kappa shape index (κ1) is 19.2. The van der Waals surface area contributed by atoms with Crippen molar-refractivity contribution in [2.75, 3.05) is 25.1 Å². The highest BCUT2D eigenvalue weighted by Gasteiger charge is 2.02. The Bertz CT molecular complexity index is 393. The maximum atomic E-state index is 5.80. The van der Waals surface area contributed by atoms with Gasteiger partial charge < -0.3 is 15.8 Å². The first-order chi connectivity index (χ1) is 9.17. The number of hydrogen-bond donors (Lipinski definition) is 2. The van der Waals surface area contributed by atoms with Crippen LogP contribution in [0, 0.1) is 0 Å². The summed E-state index contributed by atoms with van der Waals surface area (Å²) < 4.78 is 5.20. The second-order valence-corrected chi connectivity index (χ2v) is 4.52. The Hall–Kier alpha value is -0.820. The van der Waals surface area contributed by atoms with E-state index in [1.165, 1.54) is 5.56 Å². The Kier molecular flexibility index (Phi) is 10.5. The van der Waals surface area contributed by atoms with Gasteiger partial charge in [-0.15, -0.1) is 24.0 Å². The lowest BCUT2D eigenvalue weighted by atomic mass is 9.99. The van der Waals surface area contributed by atoms with E-state index in [0.29, 0.717) is 31.6 Å². The molecule has 20 heavy (non-hydrogen) atoms. The molecule has 0 aliphatic rings. The highest BCUT2D eigenvalue weighted by atomic mass is 127. The molecule has 1 unspecified atom stereocenters. The van der Waals surface area contributed by atoms with Crippen molar-refractivity contribution in [1.29, 1.82) is 0 Å². The van der Waals surface area contributed by atoms with Gasteiger partial charge in [-0.25, -0.2) is 0 Å². The zero-order valence-electron chi connectivity index (χ0n) is 12.6. The van der Waals surface area contributed by atoms with Gasteiger partial charge in [-0.3, -0.25) is 4.99 Å². The molecule has 0 aliphatic carbocycles. The van der Waals surface area contributed by atoms with Crippen LogP contribution in [0.1, 0.15) is 38.7 Å². The second kappa shape index (κ2) is 10.9. The molecule has 0 heterocycles. The lowest BCUT2D eigenvalue weighted by Gasteiger charge is -2.10. The SMILES string of the molecule is CCOCCN=C(N)Nc1ccc(C(C)CC)cc1.I. The summed E-state index contributed by atoms with van der Waals surface area (Å²) in [6.07, 6.45) is 1.15. The second-order valence-electron chi connectivity index (χ2n) is 4.52. The van der Waals surface area contributed by atoms with E-state index in [2.05, 4.69) is 36.3 Å². The van der Waals surface area contributed by atoms with Gasteiger partial charge in [-0.05, 0) is 37.0 Å². The Morgan fingerprint density at radius 3 is 2.50 bits per heavy atom. The molecule has 1 aromatic carbocycles. The summed E-state index contributed by atoms with van der Waals surface area (Å²) in [4.78, 5) is 4.19. The summed E-state index contributed by atoms with van der Waals surface area (Å²) in [7, 11) is 0. The van der Waals surface area contributed by atoms with Gasteiger partial charge in [0.25, 0.3) is 0 Å². The van der Waals surface area contributed by atoms with Crippen molar-refractivity contribution < 1.29 is 4.74 Å². The van der Waals surface area contributed by atoms with Crippen molar-refractivity contribution in [1.82, 2.24) is 0 Å². The van der Waals surface area contributed by atoms with Crippen LogP contribution in [-0.4, -0.2) is 25.7 Å². The maximum absolute atomic E-state index is 5.80. The summed E-state index contributed by atoms with van der Waals surface area (Å²) >= 11 is 0. The van der Waals surface area contributed by atoms with Crippen LogP contribution < -0.4 is 11.1 Å². The van der Waals surface area contributed by atoms with Gasteiger partial charge in [0.2, 0.25) is 0 Å². The number of aliphatic imine (C=N–C) groups is 1. The number of nitrogens with two attached hydrogens (primary N) is 1. The van der Waals surface area contributed by atoms with Crippen LogP contribution in [0.2, 0.25) is 0 Å². The third-order valence-electron chi connectivity index (χ3n) is 3.09. The van der Waals surface area contributed by atoms with Gasteiger partial charge in [0.05, 0.1) is 13.2 Å². The fraction of sp³-hybridized carbons (Fsp3) is 0.533. The van der Waals surface area contributed by atoms with Gasteiger partial charge in [0.15, 0.2) is 5.96 Å². The summed E-state index contributed by atoms with van der Waals surface area (Å²) in [5.74, 6) is 1.02. The number of rotatable bonds is 7. The van der Waals surface area contributed by atoms with E-state index in [1.54, 1.807) is 0 Å². The largest absolute Gasteiger partial charge is 0.380 e. The highest BCUT2D eigenvalue weighted by molar-refractivity contribution is 14.0. The first-order valence-electron chi connectivity index (χ1n) is 6.92. The van der Waals surface area contributed by atoms with Crippen LogP contribution in [0.4, 0.5) is 5.69 Å². The molecule has 0 aromatic heterocycles. The van der Waals surface area contributed by atoms with Crippen LogP contribution >= 0.6 is 24.0 Å². The molecule has 0 bridgehead atoms. The number of nitrogens with one attached hydrogen (secondary N) is 1. The van der Waals surface area contributed by atoms with Crippen molar-refractivity contribution in [3.05, 3.63) is 29.8 Å². The van der Waals surface area contributed by atoms with E-state index in [9.17, 15) is 0 Å². The van der Waals surface area contributed by atoms with E-state index in [0.717, 1.165) is 12.1 Å². The summed E-state index contributed by atoms with van der Waals surface area (Å²) in [6, 6.07) is 8.33. The summed E-state index contributed by atoms with van der Waals surface area (Å²) in [5, 5.41) is 3.08. The van der Waals surface area contributed by atoms with Gasteiger partial charge in [-0.2, -0.15) is 0 Å². The van der Waals surface area contributed by atoms with Gasteiger partial charge in [0, 0.05) is 12.3 Å². The number of nitrogens with zero attached hydrogens (tertiary/aromatic N) is 1. The molecule has 0 fully saturated rings. The highest BCUT2D eigenvalue weighted by Crippen LogP contribution is 2.20. The first-order valence-corrected chi connectivity index (χ1v) is 6.92. The summed E-state index contributed by atoms with van der Waals surface area (Å²) in [5.41, 5.74) is 8.11. The lowest BCUT2D eigenvalue weighted by molar-refractivity contribution is 0.156. The monoisotopic (exact) mass is 391 g/mol. The normalized spacial score (nSPS) is 12.7. The maximum Gasteiger partial charge on any atom is 0.193 e. The topological polar surface area (TPSA) is 59.6 Å². The Morgan fingerprint density at radius 1 is 1.30 bits per heavy atom. The molecule has 4 nitrogen and oxygen atoms in total. The Labute approximate surface area is 139 Å². The fourth-order valence-electron chi connectivity index (χ4n) is 1.69. The van der Waals surface area contributed by atoms with Crippen LogP contribution in [0.15, 0.2) is 29.3 Å². The third kappa shape index (κ3) is 7.09. The standard InChI is InChI=1S/C15H25N3O.HI/c1-4-12(3)13-6-8-14(9-7-13)18-15(16)17-10-11-19-5-2;/h6-9,12H,4-5,10-11H2,1-3H3,(H3,16,17,18);1H. The van der Waals surface area contributed by atoms with Gasteiger partial charge in [0.1, 0.15) is 0 Å². The van der Waals surface area contributed by atoms with Crippen LogP contribution in [-0.2, 0) is 4.74 Å². The van der Waals surface area contributed by atoms with E-state index in [4.69, 9.17) is 10.5 Å². The minimum Gasteiger partial charge on any atom is -0.380 e. The molecule has 5 heteroatoms. The zero-order chi connectivity index (χ0) is 14.1. The number of halogens is 1. The number of benzene rings is 1. The van der Waals surface area contributed by atoms with Crippen molar-refractivity contribution >= 4 is 35.6 Å². The van der Waals surface area contributed by atoms with E-state index < -0.39 is 0 Å². The predicted octanol–water partition coefficient (Wildman–Crippen LogP) is 3.58. The molecule has 0 spiro atoms. The average Bonchev–Trinajstić information content (AvgIpc) is 2.43. The molecule has 1 rings (SSSR count). The minimum atomic E-state index is 0. The molecule has 3 N–H and O–H groups in total. The third-order valence-corrected chi connectivity index (χ3v) is 3.09. The molecule has 0 amide bonds. The molecule has 0 saturated heterocycles. The minimum absolute atomic E-state index is 0. The number of ether oxygens (including phenoxy) is 1. The van der Waals surface area contributed by atoms with Gasteiger partial charge in [-0.1, -0.05) is 26.0 Å². The fourth-order valence-corrected chi connectivity index (χ4v) is 1.69. The quantitative estimate of drug-likeness (QED) is 0.323. The number of anilines is 1. The predicted molar refractivity (Wildman–Crippen MR) is 97.2 cm³/mol. The smallest absolute Gasteiger partial charge is 0.193 e. The molecule has 0 radical (unpaired) electrons. The lowest BCUT2D eigenvalue weighted by Crippen LogP contribution is -2.23. The molecular formula is C15H26IN3O. The van der Waals surface area contributed by atoms with Crippen LogP contribution in [0.3, 0.4) is 0 Å². The van der Waals surface area contributed by atoms with E-state index >= 15 is 0 Å². The number of hydrogen-bond acceptors (Lipinski definition) is 2. The van der Waals surface area contributed by atoms with Crippen LogP contribution in [0.5, 0.6) is 0 Å². The van der Waals surface area contributed by atoms with Crippen molar-refractivity contribution in [2.45, 2.75) is 33.1 Å². The van der Waals surface area contributed by atoms with Crippen molar-refractivity contribution in [3.63, 3.8) is 0 Å². The molecule has 114 valence electrons. The molecule has 1 aromatic rings. The number of guanidine groups is 1. The van der Waals surface area contributed by atoms with Crippen molar-refractivity contribution in [2.24, 2.45) is 10.7 Å². The molecule has 0 aliphatic heterocycles. The Balaban J connectivity index is 0.00000361. The van der Waals surface area contributed by atoms with Gasteiger partial charge >= 0.3 is 0 Å². The average molecular weight is 391 g/mol. The van der Waals surface area contributed by atoms with E-state index in [-0.39, 0.29) is 24.0 Å². The van der Waals surface area contributed by atoms with Crippen LogP contribution in [0.25, 0.3) is 0 Å². The van der Waals surface area contributed by atoms with E-state index in [1.807, 2.05) is 19.1 Å². The zero-order valence-corrected chi connectivity index (χ0v) is 14.9. The Morgan fingerprint density at radius 2 is 1.95 bits per heavy atom.